The fourth-order valence-electron chi connectivity index (χ4n) is 4.90. The van der Waals surface area contributed by atoms with Crippen LogP contribution in [0.25, 0.3) is 10.9 Å². The SMILES string of the molecule is Cc1cc(NC(=O)C2=C(O)[C@@H]3CCCCN3N(Cc3c(F)c(F)cc4cc[nH]c34)C2=O)c(C(F)(F)F)o1. The van der Waals surface area contributed by atoms with Gasteiger partial charge in [0.2, 0.25) is 5.76 Å². The van der Waals surface area contributed by atoms with E-state index in [2.05, 4.69) is 9.40 Å². The molecule has 2 amide bonds. The molecule has 196 valence electrons. The Morgan fingerprint density at radius 3 is 2.76 bits per heavy atom. The number of aromatic nitrogens is 1. The highest BCUT2D eigenvalue weighted by molar-refractivity contribution is 6.23. The summed E-state index contributed by atoms with van der Waals surface area (Å²) in [4.78, 5) is 29.4. The number of aryl methyl sites for hydroxylation is 1. The van der Waals surface area contributed by atoms with Gasteiger partial charge in [-0.3, -0.25) is 14.6 Å². The zero-order chi connectivity index (χ0) is 26.6. The summed E-state index contributed by atoms with van der Waals surface area (Å²) in [5.41, 5.74) is -1.43. The molecule has 3 aromatic rings. The van der Waals surface area contributed by atoms with Gasteiger partial charge in [0.25, 0.3) is 11.8 Å². The summed E-state index contributed by atoms with van der Waals surface area (Å²) >= 11 is 0. The highest BCUT2D eigenvalue weighted by atomic mass is 19.4. The number of nitrogens with one attached hydrogen (secondary N) is 2. The summed E-state index contributed by atoms with van der Waals surface area (Å²) < 4.78 is 73.9. The van der Waals surface area contributed by atoms with Crippen LogP contribution in [0.5, 0.6) is 0 Å². The number of hydrazine groups is 1. The molecule has 37 heavy (non-hydrogen) atoms. The zero-order valence-electron chi connectivity index (χ0n) is 19.4. The number of rotatable bonds is 4. The number of carbonyl (C=O) groups is 2. The van der Waals surface area contributed by atoms with E-state index in [1.54, 1.807) is 0 Å². The Labute approximate surface area is 206 Å². The summed E-state index contributed by atoms with van der Waals surface area (Å²) in [7, 11) is 0. The van der Waals surface area contributed by atoms with Crippen LogP contribution in [0.4, 0.5) is 27.6 Å². The predicted octanol–water partition coefficient (Wildman–Crippen LogP) is 4.93. The van der Waals surface area contributed by atoms with Crippen LogP contribution in [0.2, 0.25) is 0 Å². The van der Waals surface area contributed by atoms with Gasteiger partial charge >= 0.3 is 6.18 Å². The number of hydrogen-bond acceptors (Lipinski definition) is 5. The number of benzene rings is 1. The Kier molecular flexibility index (Phi) is 5.97. The van der Waals surface area contributed by atoms with Crippen LogP contribution in [0.15, 0.2) is 40.1 Å². The molecule has 2 aromatic heterocycles. The normalized spacial score (nSPS) is 19.0. The van der Waals surface area contributed by atoms with E-state index in [1.165, 1.54) is 24.2 Å². The number of halogens is 5. The van der Waals surface area contributed by atoms with Crippen molar-refractivity contribution < 1.29 is 41.1 Å². The fraction of sp³-hybridized carbons (Fsp3) is 0.333. The van der Waals surface area contributed by atoms with E-state index in [0.717, 1.165) is 17.1 Å². The van der Waals surface area contributed by atoms with E-state index in [9.17, 15) is 36.6 Å². The van der Waals surface area contributed by atoms with Crippen molar-refractivity contribution in [1.29, 1.82) is 0 Å². The first-order valence-corrected chi connectivity index (χ1v) is 11.4. The van der Waals surface area contributed by atoms with E-state index in [0.29, 0.717) is 24.6 Å². The van der Waals surface area contributed by atoms with Gasteiger partial charge in [0.15, 0.2) is 11.6 Å². The number of H-pyrrole nitrogens is 1. The Hall–Kier alpha value is -3.87. The Bertz CT molecular complexity index is 1440. The number of anilines is 1. The van der Waals surface area contributed by atoms with E-state index >= 15 is 0 Å². The van der Waals surface area contributed by atoms with Crippen LogP contribution < -0.4 is 5.32 Å². The molecule has 4 heterocycles. The molecule has 0 spiro atoms. The second-order valence-corrected chi connectivity index (χ2v) is 8.94. The highest BCUT2D eigenvalue weighted by Crippen LogP contribution is 2.38. The van der Waals surface area contributed by atoms with Crippen LogP contribution in [0, 0.1) is 18.6 Å². The van der Waals surface area contributed by atoms with Gasteiger partial charge in [0.05, 0.1) is 23.8 Å². The molecule has 8 nitrogen and oxygen atoms in total. The van der Waals surface area contributed by atoms with E-state index in [4.69, 9.17) is 0 Å². The molecule has 1 atom stereocenters. The summed E-state index contributed by atoms with van der Waals surface area (Å²) in [5, 5.41) is 15.8. The van der Waals surface area contributed by atoms with Crippen molar-refractivity contribution in [3.8, 4) is 0 Å². The number of piperidine rings is 1. The lowest BCUT2D eigenvalue weighted by Gasteiger charge is -2.46. The molecule has 13 heteroatoms. The minimum absolute atomic E-state index is 0.132. The van der Waals surface area contributed by atoms with Gasteiger partial charge in [-0.15, -0.1) is 0 Å². The summed E-state index contributed by atoms with van der Waals surface area (Å²) in [6.07, 6.45) is -1.86. The first kappa shape index (κ1) is 24.8. The third-order valence-electron chi connectivity index (χ3n) is 6.54. The largest absolute Gasteiger partial charge is 0.510 e. The topological polar surface area (TPSA) is 102 Å². The Morgan fingerprint density at radius 2 is 2.03 bits per heavy atom. The molecule has 2 aliphatic rings. The van der Waals surface area contributed by atoms with Crippen molar-refractivity contribution in [3.05, 3.63) is 64.4 Å². The highest BCUT2D eigenvalue weighted by Gasteiger charge is 2.45. The first-order valence-electron chi connectivity index (χ1n) is 11.4. The maximum Gasteiger partial charge on any atom is 0.451 e. The Morgan fingerprint density at radius 1 is 1.27 bits per heavy atom. The van der Waals surface area contributed by atoms with Crippen LogP contribution in [-0.2, 0) is 22.3 Å². The summed E-state index contributed by atoms with van der Waals surface area (Å²) in [6.45, 7) is 1.04. The van der Waals surface area contributed by atoms with Gasteiger partial charge in [-0.1, -0.05) is 6.42 Å². The van der Waals surface area contributed by atoms with Gasteiger partial charge in [-0.2, -0.15) is 13.2 Å². The quantitative estimate of drug-likeness (QED) is 0.332. The molecule has 0 radical (unpaired) electrons. The third-order valence-corrected chi connectivity index (χ3v) is 6.54. The number of amides is 2. The molecular formula is C24H21F5N4O4. The second-order valence-electron chi connectivity index (χ2n) is 8.94. The average Bonchev–Trinajstić information content (AvgIpc) is 3.44. The minimum atomic E-state index is -4.92. The smallest absolute Gasteiger partial charge is 0.451 e. The molecule has 0 unspecified atom stereocenters. The van der Waals surface area contributed by atoms with Crippen molar-refractivity contribution in [1.82, 2.24) is 15.0 Å². The van der Waals surface area contributed by atoms with Gasteiger partial charge in [-0.05, 0) is 31.9 Å². The molecule has 1 aromatic carbocycles. The lowest BCUT2D eigenvalue weighted by molar-refractivity contribution is -0.160. The number of aliphatic hydroxyl groups is 1. The third kappa shape index (κ3) is 4.22. The molecule has 1 saturated heterocycles. The van der Waals surface area contributed by atoms with Gasteiger partial charge in [0.1, 0.15) is 17.1 Å². The van der Waals surface area contributed by atoms with E-state index in [1.807, 2.05) is 5.32 Å². The molecule has 2 aliphatic heterocycles. The maximum absolute atomic E-state index is 14.9. The van der Waals surface area contributed by atoms with Crippen molar-refractivity contribution >= 4 is 28.4 Å². The fourth-order valence-corrected chi connectivity index (χ4v) is 4.90. The molecular weight excluding hydrogens is 503 g/mol. The Balaban J connectivity index is 1.54. The number of hydrogen-bond donors (Lipinski definition) is 3. The number of fused-ring (bicyclic) bond motifs is 2. The summed E-state index contributed by atoms with van der Waals surface area (Å²) in [5.74, 6) is -6.87. The molecule has 5 rings (SSSR count). The van der Waals surface area contributed by atoms with Crippen molar-refractivity contribution in [2.45, 2.75) is 44.9 Å². The summed E-state index contributed by atoms with van der Waals surface area (Å²) in [6, 6.07) is 2.62. The number of nitrogens with zero attached hydrogens (tertiary/aromatic N) is 2. The van der Waals surface area contributed by atoms with Crippen molar-refractivity contribution in [2.75, 3.05) is 11.9 Å². The molecule has 1 fully saturated rings. The van der Waals surface area contributed by atoms with Crippen molar-refractivity contribution in [3.63, 3.8) is 0 Å². The molecule has 3 N–H and O–H groups in total. The standard InChI is InChI=1S/C24H21F5N4O4/c1-11-8-15(21(37-11)24(27,28)29)31-22(35)17-20(34)16-4-2-3-7-32(16)33(23(17)36)10-13-18(26)14(25)9-12-5-6-30-19(12)13/h5-6,8-9,16,30,34H,2-4,7,10H2,1H3,(H,31,35)/t16-/m0/s1. The average molecular weight is 524 g/mol. The molecule has 0 saturated carbocycles. The maximum atomic E-state index is 14.9. The molecule has 0 bridgehead atoms. The lowest BCUT2D eigenvalue weighted by atomic mass is 9.95. The first-order chi connectivity index (χ1) is 17.5. The number of aliphatic hydroxyl groups excluding tert-OH is 1. The van der Waals surface area contributed by atoms with Crippen LogP contribution in [-0.4, -0.2) is 44.5 Å². The number of carbonyl (C=O) groups excluding carboxylic acids is 2. The van der Waals surface area contributed by atoms with Gasteiger partial charge in [-0.25, -0.2) is 13.8 Å². The van der Waals surface area contributed by atoms with E-state index in [-0.39, 0.29) is 23.4 Å². The van der Waals surface area contributed by atoms with Gasteiger partial charge in [0, 0.05) is 29.8 Å². The van der Waals surface area contributed by atoms with E-state index < -0.39 is 65.0 Å². The predicted molar refractivity (Wildman–Crippen MR) is 120 cm³/mol. The van der Waals surface area contributed by atoms with Crippen LogP contribution >= 0.6 is 0 Å². The lowest BCUT2D eigenvalue weighted by Crippen LogP contribution is -2.59. The monoisotopic (exact) mass is 524 g/mol. The zero-order valence-corrected chi connectivity index (χ0v) is 19.4. The number of aromatic amines is 1. The second kappa shape index (κ2) is 8.91. The van der Waals surface area contributed by atoms with Crippen LogP contribution in [0.3, 0.4) is 0 Å². The minimum Gasteiger partial charge on any atom is -0.510 e. The number of furan rings is 1. The van der Waals surface area contributed by atoms with Crippen LogP contribution in [0.1, 0.15) is 36.3 Å². The van der Waals surface area contributed by atoms with Gasteiger partial charge < -0.3 is 19.8 Å². The number of alkyl halides is 3. The van der Waals surface area contributed by atoms with Crippen molar-refractivity contribution in [2.24, 2.45) is 0 Å². The molecule has 0 aliphatic carbocycles.